The first-order valence-corrected chi connectivity index (χ1v) is 6.45. The zero-order valence-corrected chi connectivity index (χ0v) is 11.3. The molecule has 1 aromatic rings. The van der Waals surface area contributed by atoms with Gasteiger partial charge >= 0.3 is 0 Å². The van der Waals surface area contributed by atoms with Crippen molar-refractivity contribution in [2.75, 3.05) is 26.3 Å². The van der Waals surface area contributed by atoms with E-state index in [9.17, 15) is 4.39 Å². The largest absolute Gasteiger partial charge is 0.392 e. The van der Waals surface area contributed by atoms with Gasteiger partial charge in [0.1, 0.15) is 5.82 Å². The second kappa shape index (κ2) is 5.93. The molecule has 1 aromatic carbocycles. The van der Waals surface area contributed by atoms with E-state index in [1.54, 1.807) is 12.1 Å². The summed E-state index contributed by atoms with van der Waals surface area (Å²) < 4.78 is 19.2. The van der Waals surface area contributed by atoms with Crippen LogP contribution in [0.1, 0.15) is 11.6 Å². The topological polar surface area (TPSA) is 38.5 Å². The molecule has 2 rings (SSSR count). The van der Waals surface area contributed by atoms with E-state index >= 15 is 0 Å². The minimum Gasteiger partial charge on any atom is -0.392 e. The Morgan fingerprint density at radius 1 is 1.44 bits per heavy atom. The first-order valence-electron chi connectivity index (χ1n) is 5.66. The van der Waals surface area contributed by atoms with Crippen LogP contribution in [0.4, 0.5) is 4.39 Å². The predicted molar refractivity (Wildman–Crippen MR) is 73.3 cm³/mol. The van der Waals surface area contributed by atoms with E-state index in [0.717, 1.165) is 0 Å². The lowest BCUT2D eigenvalue weighted by Crippen LogP contribution is -2.44. The van der Waals surface area contributed by atoms with Crippen molar-refractivity contribution in [1.82, 2.24) is 4.90 Å². The van der Waals surface area contributed by atoms with Gasteiger partial charge in [-0.15, -0.1) is 0 Å². The van der Waals surface area contributed by atoms with E-state index in [-0.39, 0.29) is 10.8 Å². The van der Waals surface area contributed by atoms with Crippen molar-refractivity contribution >= 4 is 28.8 Å². The SMILES string of the molecule is NC(=S)C(c1c(F)cccc1Cl)N1CCOCC1. The third kappa shape index (κ3) is 2.80. The number of thiocarbonyl (C=S) groups is 1. The van der Waals surface area contributed by atoms with Crippen LogP contribution in [0.2, 0.25) is 5.02 Å². The third-order valence-electron chi connectivity index (χ3n) is 2.95. The second-order valence-corrected chi connectivity index (χ2v) is 4.97. The van der Waals surface area contributed by atoms with E-state index in [4.69, 9.17) is 34.3 Å². The molecular weight excluding hydrogens is 275 g/mol. The van der Waals surface area contributed by atoms with E-state index in [0.29, 0.717) is 36.9 Å². The van der Waals surface area contributed by atoms with Crippen LogP contribution in [0.5, 0.6) is 0 Å². The molecule has 0 spiro atoms. The normalized spacial score (nSPS) is 18.6. The molecule has 1 aliphatic heterocycles. The molecule has 0 bridgehead atoms. The maximum atomic E-state index is 14.0. The van der Waals surface area contributed by atoms with Crippen molar-refractivity contribution in [1.29, 1.82) is 0 Å². The standard InChI is InChI=1S/C12H14ClFN2OS/c13-8-2-1-3-9(14)10(8)11(12(15)18)16-4-6-17-7-5-16/h1-3,11H,4-7H2,(H2,15,18). The molecule has 0 aliphatic carbocycles. The molecule has 0 radical (unpaired) electrons. The van der Waals surface area contributed by atoms with Gasteiger partial charge in [-0.05, 0) is 12.1 Å². The Bertz CT molecular complexity index is 431. The molecule has 1 fully saturated rings. The fourth-order valence-electron chi connectivity index (χ4n) is 2.11. The molecule has 0 amide bonds. The summed E-state index contributed by atoms with van der Waals surface area (Å²) in [5, 5.41) is 0.347. The highest BCUT2D eigenvalue weighted by atomic mass is 35.5. The van der Waals surface area contributed by atoms with Gasteiger partial charge in [0.15, 0.2) is 0 Å². The number of rotatable bonds is 3. The van der Waals surface area contributed by atoms with Crippen molar-refractivity contribution in [2.45, 2.75) is 6.04 Å². The first kappa shape index (κ1) is 13.7. The number of morpholine rings is 1. The molecule has 98 valence electrons. The summed E-state index contributed by atoms with van der Waals surface area (Å²) in [5.74, 6) is -0.383. The Balaban J connectivity index is 2.37. The minimum atomic E-state index is -0.474. The van der Waals surface area contributed by atoms with Crippen molar-refractivity contribution < 1.29 is 9.13 Å². The molecule has 1 atom stereocenters. The fourth-order valence-corrected chi connectivity index (χ4v) is 2.65. The van der Waals surface area contributed by atoms with Crippen LogP contribution in [0.25, 0.3) is 0 Å². The van der Waals surface area contributed by atoms with Gasteiger partial charge in [-0.25, -0.2) is 4.39 Å². The van der Waals surface area contributed by atoms with Crippen LogP contribution in [0.3, 0.4) is 0 Å². The van der Waals surface area contributed by atoms with Gasteiger partial charge in [-0.1, -0.05) is 29.9 Å². The highest BCUT2D eigenvalue weighted by Gasteiger charge is 2.29. The van der Waals surface area contributed by atoms with Crippen LogP contribution < -0.4 is 5.73 Å². The molecule has 2 N–H and O–H groups in total. The molecule has 1 heterocycles. The Kier molecular flexibility index (Phi) is 4.50. The number of halogens is 2. The maximum Gasteiger partial charge on any atom is 0.129 e. The highest BCUT2D eigenvalue weighted by molar-refractivity contribution is 7.80. The monoisotopic (exact) mass is 288 g/mol. The smallest absolute Gasteiger partial charge is 0.129 e. The quantitative estimate of drug-likeness (QED) is 0.865. The van der Waals surface area contributed by atoms with Gasteiger partial charge in [0.2, 0.25) is 0 Å². The molecule has 0 saturated carbocycles. The number of hydrogen-bond acceptors (Lipinski definition) is 3. The van der Waals surface area contributed by atoms with E-state index in [2.05, 4.69) is 0 Å². The maximum absolute atomic E-state index is 14.0. The lowest BCUT2D eigenvalue weighted by molar-refractivity contribution is 0.0284. The first-order chi connectivity index (χ1) is 8.61. The molecule has 18 heavy (non-hydrogen) atoms. The summed E-state index contributed by atoms with van der Waals surface area (Å²) in [6.45, 7) is 2.50. The molecule has 0 aromatic heterocycles. The Hall–Kier alpha value is -0.750. The summed E-state index contributed by atoms with van der Waals surface area (Å²) in [6.07, 6.45) is 0. The second-order valence-electron chi connectivity index (χ2n) is 4.09. The molecular formula is C12H14ClFN2OS. The summed E-state index contributed by atoms with van der Waals surface area (Å²) in [5.41, 5.74) is 6.12. The van der Waals surface area contributed by atoms with Crippen molar-refractivity contribution in [2.24, 2.45) is 5.73 Å². The number of hydrogen-bond donors (Lipinski definition) is 1. The van der Waals surface area contributed by atoms with Crippen molar-refractivity contribution in [3.63, 3.8) is 0 Å². The van der Waals surface area contributed by atoms with Crippen molar-refractivity contribution in [3.05, 3.63) is 34.6 Å². The van der Waals surface area contributed by atoms with E-state index in [1.165, 1.54) is 6.07 Å². The summed E-state index contributed by atoms with van der Waals surface area (Å²) in [6, 6.07) is 4.10. The Morgan fingerprint density at radius 2 is 2.11 bits per heavy atom. The molecule has 6 heteroatoms. The van der Waals surface area contributed by atoms with Crippen LogP contribution in [-0.4, -0.2) is 36.2 Å². The predicted octanol–water partition coefficient (Wildman–Crippen LogP) is 2.14. The summed E-state index contributed by atoms with van der Waals surface area (Å²) >= 11 is 11.1. The van der Waals surface area contributed by atoms with Crippen LogP contribution in [0, 0.1) is 5.82 Å². The molecule has 1 unspecified atom stereocenters. The minimum absolute atomic E-state index is 0.226. The van der Waals surface area contributed by atoms with Crippen LogP contribution in [0.15, 0.2) is 18.2 Å². The average Bonchev–Trinajstić information content (AvgIpc) is 2.34. The van der Waals surface area contributed by atoms with Crippen LogP contribution in [-0.2, 0) is 4.74 Å². The third-order valence-corrected chi connectivity index (χ3v) is 3.51. The lowest BCUT2D eigenvalue weighted by Gasteiger charge is -2.34. The van der Waals surface area contributed by atoms with E-state index < -0.39 is 6.04 Å². The Labute approximate surface area is 116 Å². The van der Waals surface area contributed by atoms with Gasteiger partial charge in [0.25, 0.3) is 0 Å². The summed E-state index contributed by atoms with van der Waals surface area (Å²) in [7, 11) is 0. The van der Waals surface area contributed by atoms with Crippen molar-refractivity contribution in [3.8, 4) is 0 Å². The van der Waals surface area contributed by atoms with Gasteiger partial charge in [0, 0.05) is 23.7 Å². The highest BCUT2D eigenvalue weighted by Crippen LogP contribution is 2.30. The van der Waals surface area contributed by atoms with E-state index in [1.807, 2.05) is 4.90 Å². The zero-order chi connectivity index (χ0) is 13.1. The Morgan fingerprint density at radius 3 is 2.67 bits per heavy atom. The van der Waals surface area contributed by atoms with Gasteiger partial charge in [0.05, 0.1) is 24.2 Å². The lowest BCUT2D eigenvalue weighted by atomic mass is 10.0. The van der Waals surface area contributed by atoms with Crippen LogP contribution >= 0.6 is 23.8 Å². The molecule has 1 saturated heterocycles. The number of ether oxygens (including phenoxy) is 1. The fraction of sp³-hybridized carbons (Fsp3) is 0.417. The van der Waals surface area contributed by atoms with Gasteiger partial charge in [-0.3, -0.25) is 4.90 Å². The average molecular weight is 289 g/mol. The molecule has 3 nitrogen and oxygen atoms in total. The number of nitrogens with zero attached hydrogens (tertiary/aromatic N) is 1. The van der Waals surface area contributed by atoms with Gasteiger partial charge < -0.3 is 10.5 Å². The number of benzene rings is 1. The molecule has 1 aliphatic rings. The summed E-state index contributed by atoms with van der Waals surface area (Å²) in [4.78, 5) is 2.22. The van der Waals surface area contributed by atoms with Gasteiger partial charge in [-0.2, -0.15) is 0 Å². The number of nitrogens with two attached hydrogens (primary N) is 1. The zero-order valence-electron chi connectivity index (χ0n) is 9.73.